The zero-order valence-electron chi connectivity index (χ0n) is 17.0. The Balaban J connectivity index is 1.76. The van der Waals surface area contributed by atoms with Crippen LogP contribution in [0, 0.1) is 0 Å². The summed E-state index contributed by atoms with van der Waals surface area (Å²) >= 11 is 1.16. The van der Waals surface area contributed by atoms with Gasteiger partial charge in [0, 0.05) is 17.8 Å². The number of carbonyl (C=O) groups excluding carboxylic acids is 3. The molecule has 3 rings (SSSR count). The number of nitrogens with zero attached hydrogens (tertiary/aromatic N) is 1. The van der Waals surface area contributed by atoms with Gasteiger partial charge in [0.2, 0.25) is 5.91 Å². The molecule has 0 saturated heterocycles. The van der Waals surface area contributed by atoms with Gasteiger partial charge in [0.1, 0.15) is 5.00 Å². The second kappa shape index (κ2) is 9.48. The number of methoxy groups -OCH3 is 2. The van der Waals surface area contributed by atoms with Crippen LogP contribution in [0.5, 0.6) is 0 Å². The summed E-state index contributed by atoms with van der Waals surface area (Å²) in [5.74, 6) is -1.50. The van der Waals surface area contributed by atoms with Crippen molar-refractivity contribution in [2.24, 2.45) is 0 Å². The van der Waals surface area contributed by atoms with Crippen LogP contribution in [0.15, 0.2) is 35.2 Å². The van der Waals surface area contributed by atoms with E-state index in [1.807, 2.05) is 0 Å². The van der Waals surface area contributed by atoms with E-state index in [0.717, 1.165) is 16.2 Å². The van der Waals surface area contributed by atoms with Crippen molar-refractivity contribution < 1.29 is 32.3 Å². The van der Waals surface area contributed by atoms with Crippen molar-refractivity contribution in [2.45, 2.75) is 24.3 Å². The molecule has 11 heteroatoms. The maximum Gasteiger partial charge on any atom is 0.409 e. The third kappa shape index (κ3) is 5.05. The first kappa shape index (κ1) is 22.8. The lowest BCUT2D eigenvalue weighted by Gasteiger charge is -2.25. The quantitative estimate of drug-likeness (QED) is 0.650. The predicted molar refractivity (Wildman–Crippen MR) is 114 cm³/mol. The zero-order chi connectivity index (χ0) is 22.6. The van der Waals surface area contributed by atoms with Crippen LogP contribution in [0.25, 0.3) is 0 Å². The number of fused-ring (bicyclic) bond motifs is 1. The summed E-state index contributed by atoms with van der Waals surface area (Å²) in [6.07, 6.45) is -0.339. The van der Waals surface area contributed by atoms with Gasteiger partial charge in [-0.15, -0.1) is 11.3 Å². The van der Waals surface area contributed by atoms with E-state index < -0.39 is 27.8 Å². The topological polar surface area (TPSA) is 119 Å². The molecule has 166 valence electrons. The summed E-state index contributed by atoms with van der Waals surface area (Å²) in [4.78, 5) is 39.0. The predicted octanol–water partition coefficient (Wildman–Crippen LogP) is 2.46. The number of esters is 1. The maximum atomic E-state index is 12.5. The number of sulfone groups is 1. The highest BCUT2D eigenvalue weighted by atomic mass is 32.2. The van der Waals surface area contributed by atoms with Crippen LogP contribution >= 0.6 is 11.3 Å². The number of thiophene rings is 1. The molecule has 31 heavy (non-hydrogen) atoms. The maximum absolute atomic E-state index is 12.5. The molecule has 0 radical (unpaired) electrons. The number of benzene rings is 1. The molecule has 1 aliphatic rings. The second-order valence-electron chi connectivity index (χ2n) is 6.77. The minimum Gasteiger partial charge on any atom is -0.465 e. The molecular formula is C20H22N2O7S2. The average molecular weight is 467 g/mol. The van der Waals surface area contributed by atoms with Gasteiger partial charge >= 0.3 is 12.1 Å². The molecular weight excluding hydrogens is 444 g/mol. The van der Waals surface area contributed by atoms with Crippen LogP contribution < -0.4 is 5.32 Å². The number of nitrogens with one attached hydrogen (secondary N) is 1. The van der Waals surface area contributed by atoms with Gasteiger partial charge in [0.05, 0.1) is 37.0 Å². The molecule has 0 aliphatic carbocycles. The van der Waals surface area contributed by atoms with Crippen molar-refractivity contribution in [3.8, 4) is 0 Å². The van der Waals surface area contributed by atoms with E-state index >= 15 is 0 Å². The van der Waals surface area contributed by atoms with E-state index in [4.69, 9.17) is 9.47 Å². The highest BCUT2D eigenvalue weighted by molar-refractivity contribution is 7.91. The minimum atomic E-state index is -3.61. The molecule has 9 nitrogen and oxygen atoms in total. The number of rotatable bonds is 6. The van der Waals surface area contributed by atoms with E-state index in [2.05, 4.69) is 5.32 Å². The van der Waals surface area contributed by atoms with Gasteiger partial charge in [-0.1, -0.05) is 18.2 Å². The molecule has 1 aliphatic heterocycles. The molecule has 1 N–H and O–H groups in total. The third-order valence-corrected chi connectivity index (χ3v) is 7.70. The fraction of sp³-hybridized carbons (Fsp3) is 0.350. The van der Waals surface area contributed by atoms with Gasteiger partial charge in [0.25, 0.3) is 0 Å². The fourth-order valence-electron chi connectivity index (χ4n) is 3.26. The summed E-state index contributed by atoms with van der Waals surface area (Å²) in [6.45, 7) is 0.609. The van der Waals surface area contributed by atoms with Crippen LogP contribution in [0.4, 0.5) is 9.80 Å². The largest absolute Gasteiger partial charge is 0.465 e. The first-order valence-corrected chi connectivity index (χ1v) is 11.9. The Morgan fingerprint density at radius 2 is 1.84 bits per heavy atom. The van der Waals surface area contributed by atoms with Crippen molar-refractivity contribution in [3.63, 3.8) is 0 Å². The lowest BCUT2D eigenvalue weighted by molar-refractivity contribution is -0.115. The molecule has 0 atom stereocenters. The monoisotopic (exact) mass is 466 g/mol. The summed E-state index contributed by atoms with van der Waals surface area (Å²) in [7, 11) is -1.07. The molecule has 0 fully saturated rings. The Labute approximate surface area is 183 Å². The summed E-state index contributed by atoms with van der Waals surface area (Å²) < 4.78 is 34.4. The van der Waals surface area contributed by atoms with Crippen LogP contribution in [0.1, 0.15) is 27.2 Å². The summed E-state index contributed by atoms with van der Waals surface area (Å²) in [6, 6.07) is 7.89. The first-order valence-electron chi connectivity index (χ1n) is 9.40. The molecule has 0 bridgehead atoms. The minimum absolute atomic E-state index is 0.146. The average Bonchev–Trinajstić information content (AvgIpc) is 3.14. The molecule has 2 amide bonds. The molecule has 2 heterocycles. The standard InChI is InChI=1S/C20H22N2O7S2/c1-28-19(24)17-14-8-10-22(20(25)29-2)12-15(14)30-18(17)21-16(23)9-11-31(26,27)13-6-4-3-5-7-13/h3-7H,8-12H2,1-2H3,(H,21,23). The molecule has 1 aromatic carbocycles. The molecule has 1 aromatic heterocycles. The zero-order valence-corrected chi connectivity index (χ0v) is 18.7. The van der Waals surface area contributed by atoms with Gasteiger partial charge in [-0.05, 0) is 24.1 Å². The molecule has 2 aromatic rings. The van der Waals surface area contributed by atoms with Gasteiger partial charge < -0.3 is 19.7 Å². The smallest absolute Gasteiger partial charge is 0.409 e. The number of hydrogen-bond donors (Lipinski definition) is 1. The molecule has 0 spiro atoms. The lowest BCUT2D eigenvalue weighted by atomic mass is 10.0. The SMILES string of the molecule is COC(=O)c1c(NC(=O)CCS(=O)(=O)c2ccccc2)sc2c1CCN(C(=O)OC)C2. The lowest BCUT2D eigenvalue weighted by Crippen LogP contribution is -2.35. The number of anilines is 1. The summed E-state index contributed by atoms with van der Waals surface area (Å²) in [5, 5.41) is 2.93. The van der Waals surface area contributed by atoms with Crippen molar-refractivity contribution in [1.82, 2.24) is 4.90 Å². The Morgan fingerprint density at radius 3 is 2.48 bits per heavy atom. The number of ether oxygens (including phenoxy) is 2. The normalized spacial score (nSPS) is 13.3. The Hall–Kier alpha value is -2.92. The van der Waals surface area contributed by atoms with Gasteiger partial charge in [-0.3, -0.25) is 4.79 Å². The molecule has 0 unspecified atom stereocenters. The second-order valence-corrected chi connectivity index (χ2v) is 9.99. The number of amides is 2. The fourth-order valence-corrected chi connectivity index (χ4v) is 5.79. The Bertz CT molecular complexity index is 1090. The van der Waals surface area contributed by atoms with Gasteiger partial charge in [-0.2, -0.15) is 0 Å². The molecule has 0 saturated carbocycles. The van der Waals surface area contributed by atoms with Crippen LogP contribution in [0.3, 0.4) is 0 Å². The first-order chi connectivity index (χ1) is 14.8. The van der Waals surface area contributed by atoms with E-state index in [0.29, 0.717) is 18.5 Å². The number of carbonyl (C=O) groups is 3. The number of hydrogen-bond acceptors (Lipinski definition) is 8. The van der Waals surface area contributed by atoms with E-state index in [1.54, 1.807) is 18.2 Å². The third-order valence-electron chi connectivity index (χ3n) is 4.83. The highest BCUT2D eigenvalue weighted by Crippen LogP contribution is 2.37. The van der Waals surface area contributed by atoms with E-state index in [-0.39, 0.29) is 34.2 Å². The van der Waals surface area contributed by atoms with Crippen LogP contribution in [-0.4, -0.2) is 57.8 Å². The van der Waals surface area contributed by atoms with Gasteiger partial charge in [-0.25, -0.2) is 18.0 Å². The van der Waals surface area contributed by atoms with E-state index in [1.165, 1.54) is 31.3 Å². The van der Waals surface area contributed by atoms with Gasteiger partial charge in [0.15, 0.2) is 9.84 Å². The Morgan fingerprint density at radius 1 is 1.13 bits per heavy atom. The van der Waals surface area contributed by atoms with Crippen molar-refractivity contribution in [1.29, 1.82) is 0 Å². The van der Waals surface area contributed by atoms with Crippen LogP contribution in [0.2, 0.25) is 0 Å². The van der Waals surface area contributed by atoms with Crippen molar-refractivity contribution in [2.75, 3.05) is 31.8 Å². The van der Waals surface area contributed by atoms with Crippen molar-refractivity contribution in [3.05, 3.63) is 46.3 Å². The Kier molecular flexibility index (Phi) is 6.96. The van der Waals surface area contributed by atoms with Crippen LogP contribution in [-0.2, 0) is 37.1 Å². The highest BCUT2D eigenvalue weighted by Gasteiger charge is 2.31. The van der Waals surface area contributed by atoms with Crippen molar-refractivity contribution >= 4 is 44.1 Å². The van der Waals surface area contributed by atoms with E-state index in [9.17, 15) is 22.8 Å². The summed E-state index contributed by atoms with van der Waals surface area (Å²) in [5.41, 5.74) is 0.954.